The van der Waals surface area contributed by atoms with E-state index in [-0.39, 0.29) is 11.1 Å². The number of nitrogens with two attached hydrogens (primary N) is 1. The van der Waals surface area contributed by atoms with E-state index in [9.17, 15) is 4.79 Å². The molecule has 0 bridgehead atoms. The van der Waals surface area contributed by atoms with Gasteiger partial charge in [0.2, 0.25) is 5.43 Å². The first-order chi connectivity index (χ1) is 13.4. The normalized spacial score (nSPS) is 14.8. The molecule has 3 N–H and O–H groups in total. The Morgan fingerprint density at radius 1 is 1.25 bits per heavy atom. The van der Waals surface area contributed by atoms with E-state index < -0.39 is 0 Å². The number of rotatable bonds is 2. The van der Waals surface area contributed by atoms with E-state index in [0.717, 1.165) is 17.0 Å². The zero-order chi connectivity index (χ0) is 20.7. The summed E-state index contributed by atoms with van der Waals surface area (Å²) in [5, 5.41) is 9.51. The van der Waals surface area contributed by atoms with Gasteiger partial charge in [-0.25, -0.2) is 0 Å². The summed E-state index contributed by atoms with van der Waals surface area (Å²) >= 11 is 6.02. The van der Waals surface area contributed by atoms with Crippen LogP contribution in [-0.4, -0.2) is 4.98 Å². The topological polar surface area (TPSA) is 82.7 Å². The number of nitrogens with one attached hydrogen (secondary N) is 1. The van der Waals surface area contributed by atoms with E-state index in [0.29, 0.717) is 21.7 Å². The van der Waals surface area contributed by atoms with Crippen molar-refractivity contribution in [2.24, 2.45) is 5.92 Å². The molecule has 0 atom stereocenters. The highest BCUT2D eigenvalue weighted by atomic mass is 35.5. The van der Waals surface area contributed by atoms with Gasteiger partial charge in [0.05, 0.1) is 16.3 Å². The molecule has 5 heteroatoms. The molecule has 2 aromatic rings. The molecule has 1 aliphatic carbocycles. The smallest absolute Gasteiger partial charge is 0.212 e. The fourth-order valence-electron chi connectivity index (χ4n) is 3.51. The first kappa shape index (κ1) is 21.8. The number of hydrogen-bond acceptors (Lipinski definition) is 3. The lowest BCUT2D eigenvalue weighted by Gasteiger charge is -2.15. The highest BCUT2D eigenvalue weighted by Crippen LogP contribution is 2.29. The Morgan fingerprint density at radius 2 is 1.93 bits per heavy atom. The second-order valence-corrected chi connectivity index (χ2v) is 7.76. The van der Waals surface area contributed by atoms with Crippen LogP contribution in [0.3, 0.4) is 0 Å². The summed E-state index contributed by atoms with van der Waals surface area (Å²) in [6, 6.07) is 5.46. The van der Waals surface area contributed by atoms with Gasteiger partial charge in [0.15, 0.2) is 0 Å². The molecule has 1 heterocycles. The van der Waals surface area contributed by atoms with Crippen LogP contribution >= 0.6 is 11.6 Å². The number of aromatic nitrogens is 1. The first-order valence-electron chi connectivity index (χ1n) is 9.72. The standard InChI is InChI=1S/C16H14ClN3O.C7H14/c1-3-11(13-7-20-8-15(19)16(13)21)12-5-10(6-18)14(17)4-9(12)2;1-7-5-3-2-4-6-7/h3-5,7-8H,19H2,1-2H3,(H,20,21);7H,2-6H2,1H3/b11-3+;. The second kappa shape index (κ2) is 10.1. The summed E-state index contributed by atoms with van der Waals surface area (Å²) in [7, 11) is 0. The lowest BCUT2D eigenvalue weighted by atomic mass is 9.91. The molecular formula is C23H28ClN3O. The Bertz CT molecular complexity index is 947. The van der Waals surface area contributed by atoms with Crippen molar-refractivity contribution < 1.29 is 0 Å². The number of H-pyrrole nitrogens is 1. The molecule has 1 aliphatic rings. The van der Waals surface area contributed by atoms with Crippen molar-refractivity contribution in [2.75, 3.05) is 5.73 Å². The molecule has 0 saturated heterocycles. The third-order valence-electron chi connectivity index (χ3n) is 5.17. The molecular weight excluding hydrogens is 370 g/mol. The van der Waals surface area contributed by atoms with Crippen molar-refractivity contribution in [1.29, 1.82) is 5.26 Å². The average molecular weight is 398 g/mol. The van der Waals surface area contributed by atoms with E-state index in [1.54, 1.807) is 18.3 Å². The summed E-state index contributed by atoms with van der Waals surface area (Å²) in [4.78, 5) is 15.1. The van der Waals surface area contributed by atoms with Crippen LogP contribution in [0.1, 0.15) is 68.2 Å². The molecule has 3 rings (SSSR count). The molecule has 1 aromatic heterocycles. The van der Waals surface area contributed by atoms with Crippen LogP contribution < -0.4 is 11.2 Å². The van der Waals surface area contributed by atoms with Crippen LogP contribution in [0, 0.1) is 24.2 Å². The van der Waals surface area contributed by atoms with Crippen LogP contribution in [0.2, 0.25) is 5.02 Å². The summed E-state index contributed by atoms with van der Waals surface area (Å²) in [5.74, 6) is 1.04. The van der Waals surface area contributed by atoms with E-state index in [4.69, 9.17) is 22.6 Å². The number of nitrogens with zero attached hydrogens (tertiary/aromatic N) is 1. The van der Waals surface area contributed by atoms with Crippen molar-refractivity contribution in [2.45, 2.75) is 52.9 Å². The van der Waals surface area contributed by atoms with Gasteiger partial charge < -0.3 is 10.7 Å². The van der Waals surface area contributed by atoms with Crippen molar-refractivity contribution in [3.05, 3.63) is 68.1 Å². The predicted molar refractivity (Wildman–Crippen MR) is 117 cm³/mol. The number of pyridine rings is 1. The number of allylic oxidation sites excluding steroid dienone is 1. The van der Waals surface area contributed by atoms with Gasteiger partial charge in [0.25, 0.3) is 0 Å². The van der Waals surface area contributed by atoms with Crippen LogP contribution in [-0.2, 0) is 0 Å². The first-order valence-corrected chi connectivity index (χ1v) is 10.1. The highest BCUT2D eigenvalue weighted by Gasteiger charge is 2.14. The van der Waals surface area contributed by atoms with Crippen LogP contribution in [0.25, 0.3) is 5.57 Å². The van der Waals surface area contributed by atoms with Crippen molar-refractivity contribution >= 4 is 22.9 Å². The monoisotopic (exact) mass is 397 g/mol. The fourth-order valence-corrected chi connectivity index (χ4v) is 3.77. The predicted octanol–water partition coefficient (Wildman–Crippen LogP) is 5.83. The molecule has 0 amide bonds. The van der Waals surface area contributed by atoms with Gasteiger partial charge in [0.1, 0.15) is 6.07 Å². The SMILES string of the molecule is C/C=C(\c1cc(C#N)c(Cl)cc1C)c1c[nH]cc(N)c1=O.CC1CCCCC1. The van der Waals surface area contributed by atoms with Gasteiger partial charge in [-0.1, -0.05) is 56.7 Å². The molecule has 1 fully saturated rings. The molecule has 28 heavy (non-hydrogen) atoms. The summed E-state index contributed by atoms with van der Waals surface area (Å²) in [5.41, 5.74) is 8.80. The molecule has 0 spiro atoms. The number of anilines is 1. The fraction of sp³-hybridized carbons (Fsp3) is 0.391. The van der Waals surface area contributed by atoms with Gasteiger partial charge in [-0.3, -0.25) is 4.79 Å². The number of benzene rings is 1. The van der Waals surface area contributed by atoms with Crippen molar-refractivity contribution in [1.82, 2.24) is 4.98 Å². The van der Waals surface area contributed by atoms with Crippen LogP contribution in [0.15, 0.2) is 35.4 Å². The van der Waals surface area contributed by atoms with Crippen LogP contribution in [0.5, 0.6) is 0 Å². The third kappa shape index (κ3) is 5.27. The number of hydrogen-bond donors (Lipinski definition) is 2. The largest absolute Gasteiger partial charge is 0.394 e. The Hall–Kier alpha value is -2.51. The van der Waals surface area contributed by atoms with E-state index in [1.165, 1.54) is 38.3 Å². The number of aryl methyl sites for hydroxylation is 1. The maximum atomic E-state index is 12.2. The zero-order valence-electron chi connectivity index (χ0n) is 16.8. The summed E-state index contributed by atoms with van der Waals surface area (Å²) in [6.45, 7) is 6.07. The Balaban J connectivity index is 0.000000336. The lowest BCUT2D eigenvalue weighted by molar-refractivity contribution is 0.385. The minimum atomic E-state index is -0.241. The van der Waals surface area contributed by atoms with Crippen molar-refractivity contribution in [3.8, 4) is 6.07 Å². The highest BCUT2D eigenvalue weighted by molar-refractivity contribution is 6.31. The molecule has 0 radical (unpaired) electrons. The second-order valence-electron chi connectivity index (χ2n) is 7.36. The van der Waals surface area contributed by atoms with Gasteiger partial charge in [-0.05, 0) is 48.6 Å². The number of aromatic amines is 1. The number of nitrogen functional groups attached to an aromatic ring is 1. The van der Waals surface area contributed by atoms with E-state index in [2.05, 4.69) is 11.9 Å². The maximum absolute atomic E-state index is 12.2. The molecule has 148 valence electrons. The van der Waals surface area contributed by atoms with Gasteiger partial charge in [-0.2, -0.15) is 5.26 Å². The minimum Gasteiger partial charge on any atom is -0.394 e. The third-order valence-corrected chi connectivity index (χ3v) is 5.48. The zero-order valence-corrected chi connectivity index (χ0v) is 17.6. The maximum Gasteiger partial charge on any atom is 0.212 e. The van der Waals surface area contributed by atoms with Gasteiger partial charge in [0, 0.05) is 18.0 Å². The minimum absolute atomic E-state index is 0.152. The summed E-state index contributed by atoms with van der Waals surface area (Å²) in [6.07, 6.45) is 12.3. The van der Waals surface area contributed by atoms with E-state index >= 15 is 0 Å². The Kier molecular flexibility index (Phi) is 7.90. The van der Waals surface area contributed by atoms with Gasteiger partial charge >= 0.3 is 0 Å². The molecule has 1 saturated carbocycles. The molecule has 1 aromatic carbocycles. The molecule has 0 aliphatic heterocycles. The quantitative estimate of drug-likeness (QED) is 0.668. The van der Waals surface area contributed by atoms with E-state index in [1.807, 2.05) is 26.0 Å². The average Bonchev–Trinajstić information content (AvgIpc) is 2.68. The van der Waals surface area contributed by atoms with Crippen LogP contribution in [0.4, 0.5) is 5.69 Å². The Morgan fingerprint density at radius 3 is 2.46 bits per heavy atom. The van der Waals surface area contributed by atoms with Gasteiger partial charge in [-0.15, -0.1) is 0 Å². The molecule has 4 nitrogen and oxygen atoms in total. The Labute approximate surface area is 172 Å². The summed E-state index contributed by atoms with van der Waals surface area (Å²) < 4.78 is 0. The number of nitriles is 1. The lowest BCUT2D eigenvalue weighted by Crippen LogP contribution is -2.14. The number of halogens is 1. The van der Waals surface area contributed by atoms with Crippen molar-refractivity contribution in [3.63, 3.8) is 0 Å². The molecule has 0 unspecified atom stereocenters.